The van der Waals surface area contributed by atoms with Gasteiger partial charge >= 0.3 is 0 Å². The number of aryl methyl sites for hydroxylation is 1. The van der Waals surface area contributed by atoms with Crippen LogP contribution in [0.25, 0.3) is 10.9 Å². The van der Waals surface area contributed by atoms with Gasteiger partial charge < -0.3 is 9.67 Å². The van der Waals surface area contributed by atoms with Crippen molar-refractivity contribution in [2.75, 3.05) is 0 Å². The van der Waals surface area contributed by atoms with E-state index in [9.17, 15) is 9.50 Å². The molecular formula is C18H18FNO. The van der Waals surface area contributed by atoms with Crippen LogP contribution in [0.15, 0.2) is 48.7 Å². The summed E-state index contributed by atoms with van der Waals surface area (Å²) >= 11 is 0. The summed E-state index contributed by atoms with van der Waals surface area (Å²) in [7, 11) is 0. The van der Waals surface area contributed by atoms with Crippen molar-refractivity contribution in [2.24, 2.45) is 0 Å². The maximum Gasteiger partial charge on any atom is 0.123 e. The third kappa shape index (κ3) is 2.64. The predicted octanol–water partition coefficient (Wildman–Crippen LogP) is 4.49. The van der Waals surface area contributed by atoms with Crippen molar-refractivity contribution in [1.82, 2.24) is 4.57 Å². The maximum absolute atomic E-state index is 13.0. The van der Waals surface area contributed by atoms with Crippen molar-refractivity contribution in [3.63, 3.8) is 0 Å². The minimum Gasteiger partial charge on any atom is -0.508 e. The molecule has 2 nitrogen and oxygen atoms in total. The lowest BCUT2D eigenvalue weighted by Crippen LogP contribution is -1.98. The van der Waals surface area contributed by atoms with Crippen LogP contribution < -0.4 is 0 Å². The largest absolute Gasteiger partial charge is 0.508 e. The van der Waals surface area contributed by atoms with Crippen LogP contribution in [0.2, 0.25) is 0 Å². The molecule has 0 aliphatic carbocycles. The van der Waals surface area contributed by atoms with Crippen molar-refractivity contribution in [3.8, 4) is 5.75 Å². The fourth-order valence-electron chi connectivity index (χ4n) is 2.76. The van der Waals surface area contributed by atoms with Gasteiger partial charge in [-0.1, -0.05) is 25.5 Å². The Bertz CT molecular complexity index is 759. The summed E-state index contributed by atoms with van der Waals surface area (Å²) in [5, 5.41) is 11.1. The molecule has 0 atom stereocenters. The van der Waals surface area contributed by atoms with Gasteiger partial charge in [-0.2, -0.15) is 0 Å². The molecular weight excluding hydrogens is 265 g/mol. The molecule has 1 heterocycles. The minimum absolute atomic E-state index is 0.216. The van der Waals surface area contributed by atoms with E-state index >= 15 is 0 Å². The molecule has 3 heteroatoms. The van der Waals surface area contributed by atoms with Crippen LogP contribution in [0.4, 0.5) is 4.39 Å². The van der Waals surface area contributed by atoms with Crippen LogP contribution in [-0.4, -0.2) is 9.67 Å². The first-order valence-corrected chi connectivity index (χ1v) is 7.23. The average molecular weight is 283 g/mol. The lowest BCUT2D eigenvalue weighted by atomic mass is 10.0. The molecule has 21 heavy (non-hydrogen) atoms. The summed E-state index contributed by atoms with van der Waals surface area (Å²) in [4.78, 5) is 0. The van der Waals surface area contributed by atoms with Gasteiger partial charge in [0.15, 0.2) is 0 Å². The van der Waals surface area contributed by atoms with Crippen LogP contribution in [0, 0.1) is 5.82 Å². The lowest BCUT2D eigenvalue weighted by Gasteiger charge is -2.09. The number of aromatic nitrogens is 1. The maximum atomic E-state index is 13.0. The third-order valence-electron chi connectivity index (χ3n) is 3.81. The number of halogens is 1. The zero-order valence-corrected chi connectivity index (χ0v) is 12.0. The van der Waals surface area contributed by atoms with Crippen molar-refractivity contribution < 1.29 is 9.50 Å². The van der Waals surface area contributed by atoms with Crippen LogP contribution in [-0.2, 0) is 13.0 Å². The lowest BCUT2D eigenvalue weighted by molar-refractivity contribution is 0.469. The summed E-state index contributed by atoms with van der Waals surface area (Å²) < 4.78 is 15.1. The second-order valence-corrected chi connectivity index (χ2v) is 5.32. The first-order chi connectivity index (χ1) is 10.2. The van der Waals surface area contributed by atoms with E-state index in [4.69, 9.17) is 0 Å². The highest BCUT2D eigenvalue weighted by Crippen LogP contribution is 2.29. The Morgan fingerprint density at radius 2 is 1.81 bits per heavy atom. The van der Waals surface area contributed by atoms with Gasteiger partial charge in [-0.05, 0) is 42.3 Å². The molecule has 0 amide bonds. The number of aromatic hydroxyl groups is 1. The average Bonchev–Trinajstić information content (AvgIpc) is 2.88. The number of nitrogens with zero attached hydrogens (tertiary/aromatic N) is 1. The van der Waals surface area contributed by atoms with E-state index in [-0.39, 0.29) is 5.82 Å². The molecule has 108 valence electrons. The monoisotopic (exact) mass is 283 g/mol. The highest BCUT2D eigenvalue weighted by molar-refractivity contribution is 5.86. The Morgan fingerprint density at radius 1 is 1.05 bits per heavy atom. The summed E-state index contributed by atoms with van der Waals surface area (Å²) in [6, 6.07) is 12.3. The molecule has 0 aliphatic heterocycles. The first-order valence-electron chi connectivity index (χ1n) is 7.23. The van der Waals surface area contributed by atoms with Crippen LogP contribution in [0.5, 0.6) is 5.75 Å². The number of hydrogen-bond donors (Lipinski definition) is 1. The number of benzene rings is 2. The highest BCUT2D eigenvalue weighted by atomic mass is 19.1. The third-order valence-corrected chi connectivity index (χ3v) is 3.81. The van der Waals surface area contributed by atoms with Crippen molar-refractivity contribution in [3.05, 3.63) is 65.6 Å². The van der Waals surface area contributed by atoms with E-state index < -0.39 is 0 Å². The molecule has 3 aromatic rings. The number of fused-ring (bicyclic) bond motifs is 1. The van der Waals surface area contributed by atoms with Crippen molar-refractivity contribution >= 4 is 10.9 Å². The zero-order valence-electron chi connectivity index (χ0n) is 12.0. The quantitative estimate of drug-likeness (QED) is 0.750. The van der Waals surface area contributed by atoms with Crippen molar-refractivity contribution in [1.29, 1.82) is 0 Å². The Hall–Kier alpha value is -2.29. The summed E-state index contributed by atoms with van der Waals surface area (Å²) in [5.74, 6) is 0.148. The first kappa shape index (κ1) is 13.7. The molecule has 0 bridgehead atoms. The van der Waals surface area contributed by atoms with E-state index in [0.717, 1.165) is 34.9 Å². The molecule has 0 fully saturated rings. The fraction of sp³-hybridized carbons (Fsp3) is 0.222. The number of phenols is 1. The Labute approximate surface area is 123 Å². The van der Waals surface area contributed by atoms with Gasteiger partial charge in [0.1, 0.15) is 11.6 Å². The molecule has 0 saturated carbocycles. The van der Waals surface area contributed by atoms with Gasteiger partial charge in [0.05, 0.1) is 0 Å². The summed E-state index contributed by atoms with van der Waals surface area (Å²) in [6.45, 7) is 2.80. The second-order valence-electron chi connectivity index (χ2n) is 5.32. The smallest absolute Gasteiger partial charge is 0.123 e. The van der Waals surface area contributed by atoms with E-state index in [2.05, 4.69) is 11.5 Å². The molecule has 0 radical (unpaired) electrons. The molecule has 0 saturated heterocycles. The van der Waals surface area contributed by atoms with E-state index in [0.29, 0.717) is 12.3 Å². The normalized spacial score (nSPS) is 11.1. The number of hydrogen-bond acceptors (Lipinski definition) is 1. The topological polar surface area (TPSA) is 25.2 Å². The molecule has 1 aromatic heterocycles. The predicted molar refractivity (Wildman–Crippen MR) is 83.1 cm³/mol. The Kier molecular flexibility index (Phi) is 3.65. The van der Waals surface area contributed by atoms with Gasteiger partial charge in [-0.15, -0.1) is 0 Å². The molecule has 2 aromatic carbocycles. The Balaban J connectivity index is 2.00. The van der Waals surface area contributed by atoms with Gasteiger partial charge in [0, 0.05) is 29.2 Å². The standard InChI is InChI=1S/C18H18FNO/c1-2-3-16-15-10-11-20(17(15)8-9-18(16)21)12-13-4-6-14(19)7-5-13/h4-11,21H,2-3,12H2,1H3. The van der Waals surface area contributed by atoms with Crippen LogP contribution in [0.3, 0.4) is 0 Å². The van der Waals surface area contributed by atoms with Crippen molar-refractivity contribution in [2.45, 2.75) is 26.3 Å². The minimum atomic E-state index is -0.216. The zero-order chi connectivity index (χ0) is 14.8. The van der Waals surface area contributed by atoms with E-state index in [1.165, 1.54) is 12.1 Å². The second kappa shape index (κ2) is 5.60. The Morgan fingerprint density at radius 3 is 2.52 bits per heavy atom. The highest BCUT2D eigenvalue weighted by Gasteiger charge is 2.10. The van der Waals surface area contributed by atoms with Crippen LogP contribution in [0.1, 0.15) is 24.5 Å². The number of rotatable bonds is 4. The summed E-state index contributed by atoms with van der Waals surface area (Å²) in [5.41, 5.74) is 3.16. The van der Waals surface area contributed by atoms with Crippen LogP contribution >= 0.6 is 0 Å². The van der Waals surface area contributed by atoms with E-state index in [1.54, 1.807) is 18.2 Å². The molecule has 0 unspecified atom stereocenters. The number of phenolic OH excluding ortho intramolecular Hbond substituents is 1. The molecule has 3 rings (SSSR count). The van der Waals surface area contributed by atoms with Gasteiger partial charge in [-0.3, -0.25) is 0 Å². The van der Waals surface area contributed by atoms with Gasteiger partial charge in [0.2, 0.25) is 0 Å². The molecule has 0 spiro atoms. The van der Waals surface area contributed by atoms with Gasteiger partial charge in [-0.25, -0.2) is 4.39 Å². The summed E-state index contributed by atoms with van der Waals surface area (Å²) in [6.07, 6.45) is 3.88. The molecule has 1 N–H and O–H groups in total. The SMILES string of the molecule is CCCc1c(O)ccc2c1ccn2Cc1ccc(F)cc1. The van der Waals surface area contributed by atoms with E-state index in [1.807, 2.05) is 18.3 Å². The van der Waals surface area contributed by atoms with Gasteiger partial charge in [0.25, 0.3) is 0 Å². The fourth-order valence-corrected chi connectivity index (χ4v) is 2.76. The molecule has 0 aliphatic rings.